The molecule has 3 rings (SSSR count). The van der Waals surface area contributed by atoms with Crippen LogP contribution < -0.4 is 5.32 Å². The summed E-state index contributed by atoms with van der Waals surface area (Å²) in [5.41, 5.74) is 1.27. The molecule has 0 spiro atoms. The quantitative estimate of drug-likeness (QED) is 0.825. The van der Waals surface area contributed by atoms with E-state index in [4.69, 9.17) is 5.26 Å². The molecule has 0 saturated carbocycles. The molecule has 2 bridgehead atoms. The lowest BCUT2D eigenvalue weighted by atomic mass is 9.77. The molecule has 2 unspecified atom stereocenters. The van der Waals surface area contributed by atoms with Crippen LogP contribution in [0.3, 0.4) is 0 Å². The third-order valence-corrected chi connectivity index (χ3v) is 4.36. The van der Waals surface area contributed by atoms with Crippen molar-refractivity contribution in [2.24, 2.45) is 5.92 Å². The van der Waals surface area contributed by atoms with E-state index >= 15 is 0 Å². The van der Waals surface area contributed by atoms with Crippen molar-refractivity contribution in [1.29, 1.82) is 5.26 Å². The molecule has 0 aromatic heterocycles. The number of Topliss-reactive ketones (excluding diaryl/α,β-unsaturated/α-hetero) is 1. The maximum absolute atomic E-state index is 12.6. The summed E-state index contributed by atoms with van der Waals surface area (Å²) in [5, 5.41) is 12.5. The normalized spacial score (nSPS) is 29.5. The number of rotatable bonds is 2. The van der Waals surface area contributed by atoms with Gasteiger partial charge in [-0.05, 0) is 37.8 Å². The smallest absolute Gasteiger partial charge is 0.166 e. The van der Waals surface area contributed by atoms with Crippen LogP contribution in [0.15, 0.2) is 24.3 Å². The molecule has 1 N–H and O–H groups in total. The molecular weight excluding hydrogens is 236 g/mol. The number of benzene rings is 1. The first-order chi connectivity index (χ1) is 9.26. The predicted molar refractivity (Wildman–Crippen MR) is 72.8 cm³/mol. The first-order valence-electron chi connectivity index (χ1n) is 7.06. The van der Waals surface area contributed by atoms with Crippen molar-refractivity contribution in [3.63, 3.8) is 0 Å². The predicted octanol–water partition coefficient (Wildman–Crippen LogP) is 2.66. The lowest BCUT2D eigenvalue weighted by Gasteiger charge is -2.39. The van der Waals surface area contributed by atoms with Gasteiger partial charge in [0.15, 0.2) is 5.78 Å². The van der Waals surface area contributed by atoms with E-state index < -0.39 is 0 Å². The SMILES string of the molecule is N#Cc1cccc(C(=O)C2CC3CCCC(C2)N3)c1. The average molecular weight is 254 g/mol. The van der Waals surface area contributed by atoms with Crippen molar-refractivity contribution < 1.29 is 4.79 Å². The molecule has 2 heterocycles. The van der Waals surface area contributed by atoms with Gasteiger partial charge in [0.1, 0.15) is 0 Å². The van der Waals surface area contributed by atoms with Crippen molar-refractivity contribution >= 4 is 5.78 Å². The molecule has 1 aromatic carbocycles. The van der Waals surface area contributed by atoms with E-state index in [1.54, 1.807) is 18.2 Å². The van der Waals surface area contributed by atoms with Crippen LogP contribution in [0.5, 0.6) is 0 Å². The van der Waals surface area contributed by atoms with Crippen LogP contribution in [0.2, 0.25) is 0 Å². The van der Waals surface area contributed by atoms with E-state index in [1.807, 2.05) is 6.07 Å². The molecule has 2 atom stereocenters. The Morgan fingerprint density at radius 3 is 2.68 bits per heavy atom. The van der Waals surface area contributed by atoms with Gasteiger partial charge in [0, 0.05) is 23.6 Å². The number of carbonyl (C=O) groups excluding carboxylic acids is 1. The van der Waals surface area contributed by atoms with Crippen LogP contribution in [0.1, 0.15) is 48.0 Å². The summed E-state index contributed by atoms with van der Waals surface area (Å²) in [6.45, 7) is 0. The van der Waals surface area contributed by atoms with Gasteiger partial charge in [0.2, 0.25) is 0 Å². The minimum Gasteiger partial charge on any atom is -0.311 e. The molecule has 3 heteroatoms. The van der Waals surface area contributed by atoms with Crippen LogP contribution in [0.4, 0.5) is 0 Å². The summed E-state index contributed by atoms with van der Waals surface area (Å²) in [5.74, 6) is 0.348. The Morgan fingerprint density at radius 2 is 2.00 bits per heavy atom. The number of ketones is 1. The number of hydrogen-bond donors (Lipinski definition) is 1. The van der Waals surface area contributed by atoms with Crippen LogP contribution >= 0.6 is 0 Å². The third kappa shape index (κ3) is 2.54. The molecule has 3 nitrogen and oxygen atoms in total. The Balaban J connectivity index is 1.78. The van der Waals surface area contributed by atoms with Crippen molar-refractivity contribution in [3.05, 3.63) is 35.4 Å². The summed E-state index contributed by atoms with van der Waals surface area (Å²) in [6, 6.07) is 10.2. The Morgan fingerprint density at radius 1 is 1.26 bits per heavy atom. The van der Waals surface area contributed by atoms with E-state index in [2.05, 4.69) is 11.4 Å². The van der Waals surface area contributed by atoms with Gasteiger partial charge < -0.3 is 5.32 Å². The largest absolute Gasteiger partial charge is 0.311 e. The number of nitrogens with one attached hydrogen (secondary N) is 1. The van der Waals surface area contributed by atoms with E-state index in [1.165, 1.54) is 19.3 Å². The van der Waals surface area contributed by atoms with Crippen molar-refractivity contribution in [3.8, 4) is 6.07 Å². The Bertz CT molecular complexity index is 520. The van der Waals surface area contributed by atoms with Gasteiger partial charge >= 0.3 is 0 Å². The molecule has 0 aliphatic carbocycles. The number of hydrogen-bond acceptors (Lipinski definition) is 3. The zero-order chi connectivity index (χ0) is 13.2. The summed E-state index contributed by atoms with van der Waals surface area (Å²) >= 11 is 0. The zero-order valence-electron chi connectivity index (χ0n) is 10.9. The fourth-order valence-electron chi connectivity index (χ4n) is 3.46. The molecule has 1 aromatic rings. The van der Waals surface area contributed by atoms with Gasteiger partial charge in [0.05, 0.1) is 11.6 Å². The van der Waals surface area contributed by atoms with Crippen molar-refractivity contribution in [2.45, 2.75) is 44.2 Å². The minimum atomic E-state index is 0.130. The second-order valence-electron chi connectivity index (χ2n) is 5.72. The van der Waals surface area contributed by atoms with E-state index in [-0.39, 0.29) is 11.7 Å². The molecule has 19 heavy (non-hydrogen) atoms. The summed E-state index contributed by atoms with van der Waals surface area (Å²) < 4.78 is 0. The first-order valence-corrected chi connectivity index (χ1v) is 7.06. The van der Waals surface area contributed by atoms with E-state index in [0.717, 1.165) is 12.8 Å². The molecule has 2 aliphatic rings. The highest BCUT2D eigenvalue weighted by Crippen LogP contribution is 2.31. The van der Waals surface area contributed by atoms with E-state index in [9.17, 15) is 4.79 Å². The zero-order valence-corrected chi connectivity index (χ0v) is 10.9. The molecule has 0 amide bonds. The topological polar surface area (TPSA) is 52.9 Å². The van der Waals surface area contributed by atoms with Gasteiger partial charge in [-0.3, -0.25) is 4.79 Å². The standard InChI is InChI=1S/C16H18N2O/c17-10-11-3-1-4-12(7-11)16(19)13-8-14-5-2-6-15(9-13)18-14/h1,3-4,7,13-15,18H,2,5-6,8-9H2. The Hall–Kier alpha value is -1.66. The lowest BCUT2D eigenvalue weighted by Crippen LogP contribution is -2.50. The average Bonchev–Trinajstić information content (AvgIpc) is 2.46. The van der Waals surface area contributed by atoms with Gasteiger partial charge in [-0.15, -0.1) is 0 Å². The minimum absolute atomic E-state index is 0.130. The van der Waals surface area contributed by atoms with Gasteiger partial charge in [-0.25, -0.2) is 0 Å². The molecule has 2 aliphatic heterocycles. The number of piperidine rings is 2. The molecular formula is C16H18N2O. The molecule has 0 radical (unpaired) electrons. The number of carbonyl (C=O) groups is 1. The lowest BCUT2D eigenvalue weighted by molar-refractivity contribution is 0.0825. The maximum atomic E-state index is 12.6. The Labute approximate surface area is 113 Å². The van der Waals surface area contributed by atoms with Crippen molar-refractivity contribution in [2.75, 3.05) is 0 Å². The highest BCUT2D eigenvalue weighted by atomic mass is 16.1. The fraction of sp³-hybridized carbons (Fsp3) is 0.500. The highest BCUT2D eigenvalue weighted by Gasteiger charge is 2.34. The van der Waals surface area contributed by atoms with Crippen LogP contribution in [0.25, 0.3) is 0 Å². The number of nitrogens with zero attached hydrogens (tertiary/aromatic N) is 1. The first kappa shape index (κ1) is 12.4. The van der Waals surface area contributed by atoms with Crippen LogP contribution in [0, 0.1) is 17.2 Å². The summed E-state index contributed by atoms with van der Waals surface area (Å²) in [6.07, 6.45) is 5.57. The summed E-state index contributed by atoms with van der Waals surface area (Å²) in [4.78, 5) is 12.6. The van der Waals surface area contributed by atoms with Crippen LogP contribution in [-0.4, -0.2) is 17.9 Å². The monoisotopic (exact) mass is 254 g/mol. The number of nitriles is 1. The molecule has 98 valence electrons. The van der Waals surface area contributed by atoms with Crippen molar-refractivity contribution in [1.82, 2.24) is 5.32 Å². The third-order valence-electron chi connectivity index (χ3n) is 4.36. The summed E-state index contributed by atoms with van der Waals surface area (Å²) in [7, 11) is 0. The second kappa shape index (κ2) is 5.14. The van der Waals surface area contributed by atoms with Gasteiger partial charge in [-0.1, -0.05) is 18.6 Å². The molecule has 2 fully saturated rings. The van der Waals surface area contributed by atoms with Gasteiger partial charge in [0.25, 0.3) is 0 Å². The Kier molecular flexibility index (Phi) is 3.35. The highest BCUT2D eigenvalue weighted by molar-refractivity contribution is 5.98. The molecule has 2 saturated heterocycles. The van der Waals surface area contributed by atoms with Gasteiger partial charge in [-0.2, -0.15) is 5.26 Å². The van der Waals surface area contributed by atoms with Crippen LogP contribution in [-0.2, 0) is 0 Å². The maximum Gasteiger partial charge on any atom is 0.166 e. The number of fused-ring (bicyclic) bond motifs is 2. The van der Waals surface area contributed by atoms with E-state index in [0.29, 0.717) is 23.2 Å². The fourth-order valence-corrected chi connectivity index (χ4v) is 3.46. The second-order valence-corrected chi connectivity index (χ2v) is 5.72.